The topological polar surface area (TPSA) is 83.6 Å². The lowest BCUT2D eigenvalue weighted by atomic mass is 10.1. The van der Waals surface area contributed by atoms with Crippen LogP contribution in [0.5, 0.6) is 5.88 Å². The van der Waals surface area contributed by atoms with Gasteiger partial charge in [0.05, 0.1) is 17.9 Å². The number of aromatic nitrogens is 1. The Kier molecular flexibility index (Phi) is 5.38. The van der Waals surface area contributed by atoms with Crippen LogP contribution in [0.3, 0.4) is 0 Å². The van der Waals surface area contributed by atoms with Gasteiger partial charge in [0.15, 0.2) is 0 Å². The van der Waals surface area contributed by atoms with Crippen LogP contribution in [0, 0.1) is 0 Å². The zero-order valence-corrected chi connectivity index (χ0v) is 12.1. The lowest BCUT2D eigenvalue weighted by Gasteiger charge is -2.27. The molecule has 0 amide bonds. The highest BCUT2D eigenvalue weighted by atomic mass is 16.5. The standard InChI is InChI=1S/C13H24N4O2/c1-5-19-12-10(14)6-7-11(16-12)15-8-13(2,18)9-17(3)4/h6-7,18H,5,8-9,14H2,1-4H3,(H,15,16). The van der Waals surface area contributed by atoms with Crippen molar-refractivity contribution in [3.8, 4) is 5.88 Å². The Morgan fingerprint density at radius 1 is 1.47 bits per heavy atom. The Bertz CT molecular complexity index is 408. The number of hydrogen-bond acceptors (Lipinski definition) is 6. The van der Waals surface area contributed by atoms with E-state index in [1.54, 1.807) is 19.1 Å². The van der Waals surface area contributed by atoms with Crippen LogP contribution in [0.15, 0.2) is 12.1 Å². The summed E-state index contributed by atoms with van der Waals surface area (Å²) in [5.41, 5.74) is 5.42. The molecule has 0 fully saturated rings. The number of nitrogens with two attached hydrogens (primary N) is 1. The van der Waals surface area contributed by atoms with Gasteiger partial charge in [0.1, 0.15) is 5.82 Å². The summed E-state index contributed by atoms with van der Waals surface area (Å²) in [5.74, 6) is 1.05. The number of nitrogens with one attached hydrogen (secondary N) is 1. The highest BCUT2D eigenvalue weighted by molar-refractivity contribution is 5.53. The lowest BCUT2D eigenvalue weighted by Crippen LogP contribution is -2.43. The minimum atomic E-state index is -0.835. The predicted octanol–water partition coefficient (Wildman–Crippen LogP) is 0.787. The molecule has 1 unspecified atom stereocenters. The minimum absolute atomic E-state index is 0.396. The van der Waals surface area contributed by atoms with Crippen LogP contribution in [0.2, 0.25) is 0 Å². The molecule has 0 radical (unpaired) electrons. The van der Waals surface area contributed by atoms with Gasteiger partial charge in [0, 0.05) is 13.1 Å². The van der Waals surface area contributed by atoms with E-state index in [0.29, 0.717) is 37.1 Å². The molecule has 1 rings (SSSR count). The van der Waals surface area contributed by atoms with Gasteiger partial charge >= 0.3 is 0 Å². The summed E-state index contributed by atoms with van der Waals surface area (Å²) in [7, 11) is 3.84. The second-order valence-corrected chi connectivity index (χ2v) is 5.11. The molecule has 1 aromatic heterocycles. The second kappa shape index (κ2) is 6.58. The fraction of sp³-hybridized carbons (Fsp3) is 0.615. The van der Waals surface area contributed by atoms with E-state index >= 15 is 0 Å². The maximum atomic E-state index is 10.2. The molecule has 6 nitrogen and oxygen atoms in total. The van der Waals surface area contributed by atoms with Crippen LogP contribution < -0.4 is 15.8 Å². The smallest absolute Gasteiger partial charge is 0.239 e. The van der Waals surface area contributed by atoms with Crippen molar-refractivity contribution >= 4 is 11.5 Å². The summed E-state index contributed by atoms with van der Waals surface area (Å²) in [6.07, 6.45) is 0. The average Bonchev–Trinajstić information content (AvgIpc) is 2.29. The zero-order chi connectivity index (χ0) is 14.5. The molecule has 0 aromatic carbocycles. The number of nitrogen functional groups attached to an aromatic ring is 1. The molecule has 0 spiro atoms. The number of pyridine rings is 1. The third kappa shape index (κ3) is 5.32. The number of hydrogen-bond donors (Lipinski definition) is 3. The van der Waals surface area contributed by atoms with Crippen molar-refractivity contribution in [2.24, 2.45) is 0 Å². The van der Waals surface area contributed by atoms with Crippen LogP contribution in [-0.2, 0) is 0 Å². The first-order valence-corrected chi connectivity index (χ1v) is 6.34. The molecule has 0 aliphatic rings. The van der Waals surface area contributed by atoms with Crippen LogP contribution >= 0.6 is 0 Å². The maximum absolute atomic E-state index is 10.2. The summed E-state index contributed by atoms with van der Waals surface area (Å²) >= 11 is 0. The quantitative estimate of drug-likeness (QED) is 0.678. The first kappa shape index (κ1) is 15.5. The molecular weight excluding hydrogens is 244 g/mol. The van der Waals surface area contributed by atoms with Gasteiger partial charge in [-0.3, -0.25) is 0 Å². The Labute approximate surface area is 114 Å². The molecule has 108 valence electrons. The van der Waals surface area contributed by atoms with Gasteiger partial charge in [-0.05, 0) is 40.1 Å². The van der Waals surface area contributed by atoms with E-state index in [0.717, 1.165) is 0 Å². The summed E-state index contributed by atoms with van der Waals surface area (Å²) in [5, 5.41) is 13.3. The van der Waals surface area contributed by atoms with Gasteiger partial charge in [0.25, 0.3) is 0 Å². The van der Waals surface area contributed by atoms with Gasteiger partial charge in [-0.15, -0.1) is 0 Å². The summed E-state index contributed by atoms with van der Waals surface area (Å²) in [4.78, 5) is 6.20. The van der Waals surface area contributed by atoms with Crippen molar-refractivity contribution in [3.63, 3.8) is 0 Å². The first-order valence-electron chi connectivity index (χ1n) is 6.34. The number of aliphatic hydroxyl groups is 1. The van der Waals surface area contributed by atoms with Gasteiger partial charge < -0.3 is 25.8 Å². The summed E-state index contributed by atoms with van der Waals surface area (Å²) in [6, 6.07) is 3.50. The van der Waals surface area contributed by atoms with Crippen molar-refractivity contribution in [2.45, 2.75) is 19.4 Å². The van der Waals surface area contributed by atoms with E-state index < -0.39 is 5.60 Å². The molecule has 19 heavy (non-hydrogen) atoms. The molecule has 1 heterocycles. The normalized spacial score (nSPS) is 14.2. The number of nitrogens with zero attached hydrogens (tertiary/aromatic N) is 2. The monoisotopic (exact) mass is 268 g/mol. The molecule has 0 saturated carbocycles. The Morgan fingerprint density at radius 3 is 2.74 bits per heavy atom. The fourth-order valence-corrected chi connectivity index (χ4v) is 1.82. The highest BCUT2D eigenvalue weighted by Gasteiger charge is 2.21. The largest absolute Gasteiger partial charge is 0.476 e. The molecule has 4 N–H and O–H groups in total. The summed E-state index contributed by atoms with van der Waals surface area (Å²) < 4.78 is 5.33. The average molecular weight is 268 g/mol. The van der Waals surface area contributed by atoms with E-state index in [4.69, 9.17) is 10.5 Å². The van der Waals surface area contributed by atoms with E-state index in [1.165, 1.54) is 0 Å². The Balaban J connectivity index is 2.65. The molecule has 1 atom stereocenters. The molecule has 0 aliphatic heterocycles. The maximum Gasteiger partial charge on any atom is 0.239 e. The Morgan fingerprint density at radius 2 is 2.16 bits per heavy atom. The molecule has 0 bridgehead atoms. The fourth-order valence-electron chi connectivity index (χ4n) is 1.82. The van der Waals surface area contributed by atoms with Gasteiger partial charge in [0.2, 0.25) is 5.88 Å². The van der Waals surface area contributed by atoms with Gasteiger partial charge in [-0.1, -0.05) is 0 Å². The van der Waals surface area contributed by atoms with Gasteiger partial charge in [-0.25, -0.2) is 0 Å². The van der Waals surface area contributed by atoms with Crippen LogP contribution in [0.1, 0.15) is 13.8 Å². The molecule has 6 heteroatoms. The highest BCUT2D eigenvalue weighted by Crippen LogP contribution is 2.21. The zero-order valence-electron chi connectivity index (χ0n) is 12.1. The molecular formula is C13H24N4O2. The molecule has 0 aliphatic carbocycles. The third-order valence-corrected chi connectivity index (χ3v) is 2.48. The molecule has 1 aromatic rings. The van der Waals surface area contributed by atoms with Crippen molar-refractivity contribution in [1.82, 2.24) is 9.88 Å². The number of anilines is 2. The first-order chi connectivity index (χ1) is 8.84. The van der Waals surface area contributed by atoms with Crippen LogP contribution in [-0.4, -0.2) is 54.4 Å². The van der Waals surface area contributed by atoms with Crippen molar-refractivity contribution < 1.29 is 9.84 Å². The number of ether oxygens (including phenoxy) is 1. The van der Waals surface area contributed by atoms with E-state index in [2.05, 4.69) is 10.3 Å². The third-order valence-electron chi connectivity index (χ3n) is 2.48. The second-order valence-electron chi connectivity index (χ2n) is 5.11. The minimum Gasteiger partial charge on any atom is -0.476 e. The lowest BCUT2D eigenvalue weighted by molar-refractivity contribution is 0.0459. The van der Waals surface area contributed by atoms with Crippen molar-refractivity contribution in [1.29, 1.82) is 0 Å². The van der Waals surface area contributed by atoms with Crippen LogP contribution in [0.4, 0.5) is 11.5 Å². The Hall–Kier alpha value is -1.53. The summed E-state index contributed by atoms with van der Waals surface area (Å²) in [6.45, 7) is 5.13. The number of likely N-dealkylation sites (N-methyl/N-ethyl adjacent to an activating group) is 1. The van der Waals surface area contributed by atoms with E-state index in [-0.39, 0.29) is 0 Å². The van der Waals surface area contributed by atoms with E-state index in [1.807, 2.05) is 25.9 Å². The predicted molar refractivity (Wildman–Crippen MR) is 77.5 cm³/mol. The van der Waals surface area contributed by atoms with Crippen LogP contribution in [0.25, 0.3) is 0 Å². The van der Waals surface area contributed by atoms with E-state index in [9.17, 15) is 5.11 Å². The SMILES string of the molecule is CCOc1nc(NCC(C)(O)CN(C)C)ccc1N. The van der Waals surface area contributed by atoms with Crippen molar-refractivity contribution in [2.75, 3.05) is 44.8 Å². The molecule has 0 saturated heterocycles. The van der Waals surface area contributed by atoms with Crippen molar-refractivity contribution in [3.05, 3.63) is 12.1 Å². The number of rotatable bonds is 7. The van der Waals surface area contributed by atoms with Gasteiger partial charge in [-0.2, -0.15) is 4.98 Å².